The minimum absolute atomic E-state index is 0.0588. The summed E-state index contributed by atoms with van der Waals surface area (Å²) in [5.41, 5.74) is 0. The van der Waals surface area contributed by atoms with Gasteiger partial charge in [0, 0.05) is 31.8 Å². The van der Waals surface area contributed by atoms with Crippen LogP contribution in [0.1, 0.15) is 64.2 Å². The lowest BCUT2D eigenvalue weighted by Crippen LogP contribution is -2.49. The third-order valence-corrected chi connectivity index (χ3v) is 5.51. The van der Waals surface area contributed by atoms with Crippen molar-refractivity contribution in [2.75, 3.05) is 33.3 Å². The molecule has 2 N–H and O–H groups in total. The number of piperidine rings is 1. The highest BCUT2D eigenvalue weighted by atomic mass is 16.3. The van der Waals surface area contributed by atoms with Crippen LogP contribution in [0.15, 0.2) is 0 Å². The van der Waals surface area contributed by atoms with Crippen molar-refractivity contribution in [1.82, 2.24) is 15.1 Å². The molecule has 134 valence electrons. The molecule has 2 amide bonds. The largest absolute Gasteiger partial charge is 0.396 e. The Morgan fingerprint density at radius 2 is 1.91 bits per heavy atom. The lowest BCUT2D eigenvalue weighted by Gasteiger charge is -2.35. The molecular weight excluding hydrogens is 290 g/mol. The van der Waals surface area contributed by atoms with Gasteiger partial charge in [-0.3, -0.25) is 0 Å². The molecule has 1 aliphatic carbocycles. The Hall–Kier alpha value is -0.810. The van der Waals surface area contributed by atoms with Crippen molar-refractivity contribution in [3.05, 3.63) is 0 Å². The lowest BCUT2D eigenvalue weighted by molar-refractivity contribution is 0.131. The topological polar surface area (TPSA) is 55.8 Å². The number of hydrogen-bond donors (Lipinski definition) is 2. The Bertz CT molecular complexity index is 343. The van der Waals surface area contributed by atoms with E-state index in [0.29, 0.717) is 6.42 Å². The van der Waals surface area contributed by atoms with Crippen molar-refractivity contribution in [2.24, 2.45) is 0 Å². The number of urea groups is 1. The first-order valence-corrected chi connectivity index (χ1v) is 9.58. The van der Waals surface area contributed by atoms with Crippen molar-refractivity contribution in [3.63, 3.8) is 0 Å². The summed E-state index contributed by atoms with van der Waals surface area (Å²) in [6.45, 7) is 2.81. The summed E-state index contributed by atoms with van der Waals surface area (Å²) in [6.07, 6.45) is 11.8. The monoisotopic (exact) mass is 325 g/mol. The zero-order valence-corrected chi connectivity index (χ0v) is 14.8. The fourth-order valence-electron chi connectivity index (χ4n) is 4.05. The first-order chi connectivity index (χ1) is 11.2. The van der Waals surface area contributed by atoms with Crippen LogP contribution in [0.3, 0.4) is 0 Å². The van der Waals surface area contributed by atoms with Gasteiger partial charge in [-0.1, -0.05) is 19.3 Å². The highest BCUT2D eigenvalue weighted by molar-refractivity contribution is 5.74. The Balaban J connectivity index is 1.63. The number of nitrogens with one attached hydrogen (secondary N) is 1. The van der Waals surface area contributed by atoms with Crippen LogP contribution in [0.4, 0.5) is 4.79 Å². The second kappa shape index (κ2) is 10.1. The van der Waals surface area contributed by atoms with E-state index in [1.165, 1.54) is 38.5 Å². The molecule has 0 spiro atoms. The van der Waals surface area contributed by atoms with Gasteiger partial charge in [-0.05, 0) is 58.5 Å². The SMILES string of the molecule is CN(CCCNC(=O)N1CCCCC1CCO)C1CCCCC1. The number of likely N-dealkylation sites (tertiary alicyclic amines) is 1. The average Bonchev–Trinajstić information content (AvgIpc) is 2.60. The molecule has 1 saturated heterocycles. The van der Waals surface area contributed by atoms with Crippen LogP contribution in [0, 0.1) is 0 Å². The van der Waals surface area contributed by atoms with Crippen molar-refractivity contribution >= 4 is 6.03 Å². The van der Waals surface area contributed by atoms with E-state index in [1.54, 1.807) is 0 Å². The molecule has 1 unspecified atom stereocenters. The molecule has 0 bridgehead atoms. The second-order valence-corrected chi connectivity index (χ2v) is 7.21. The number of rotatable bonds is 7. The fraction of sp³-hybridized carbons (Fsp3) is 0.944. The minimum atomic E-state index is 0.0588. The minimum Gasteiger partial charge on any atom is -0.396 e. The van der Waals surface area contributed by atoms with Gasteiger partial charge in [0.15, 0.2) is 0 Å². The van der Waals surface area contributed by atoms with Crippen LogP contribution in [0.5, 0.6) is 0 Å². The normalized spacial score (nSPS) is 23.3. The van der Waals surface area contributed by atoms with Crippen LogP contribution >= 0.6 is 0 Å². The second-order valence-electron chi connectivity index (χ2n) is 7.21. The summed E-state index contributed by atoms with van der Waals surface area (Å²) in [6, 6.07) is 1.03. The number of aliphatic hydroxyl groups is 1. The van der Waals surface area contributed by atoms with Gasteiger partial charge in [0.25, 0.3) is 0 Å². The fourth-order valence-corrected chi connectivity index (χ4v) is 4.05. The number of carbonyl (C=O) groups is 1. The summed E-state index contributed by atoms with van der Waals surface area (Å²) >= 11 is 0. The zero-order chi connectivity index (χ0) is 16.5. The predicted molar refractivity (Wildman–Crippen MR) is 93.6 cm³/mol. The third kappa shape index (κ3) is 5.96. The Morgan fingerprint density at radius 1 is 1.17 bits per heavy atom. The molecule has 23 heavy (non-hydrogen) atoms. The zero-order valence-electron chi connectivity index (χ0n) is 14.8. The van der Waals surface area contributed by atoms with Crippen molar-refractivity contribution in [1.29, 1.82) is 0 Å². The van der Waals surface area contributed by atoms with Gasteiger partial charge >= 0.3 is 6.03 Å². The highest BCUT2D eigenvalue weighted by Gasteiger charge is 2.25. The molecule has 2 aliphatic rings. The Morgan fingerprint density at radius 3 is 2.65 bits per heavy atom. The van der Waals surface area contributed by atoms with Gasteiger partial charge in [0.2, 0.25) is 0 Å². The standard InChI is InChI=1S/C18H35N3O2/c1-20(16-8-3-2-4-9-16)13-7-12-19-18(23)21-14-6-5-10-17(21)11-15-22/h16-17,22H,2-15H2,1H3,(H,19,23). The summed E-state index contributed by atoms with van der Waals surface area (Å²) < 4.78 is 0. The van der Waals surface area contributed by atoms with Gasteiger partial charge in [-0.2, -0.15) is 0 Å². The van der Waals surface area contributed by atoms with E-state index in [-0.39, 0.29) is 18.7 Å². The van der Waals surface area contributed by atoms with Gasteiger partial charge in [0.1, 0.15) is 0 Å². The number of nitrogens with zero attached hydrogens (tertiary/aromatic N) is 2. The van der Waals surface area contributed by atoms with Gasteiger partial charge in [-0.15, -0.1) is 0 Å². The molecule has 0 aromatic heterocycles. The number of hydrogen-bond acceptors (Lipinski definition) is 3. The molecule has 1 aliphatic heterocycles. The van der Waals surface area contributed by atoms with E-state index in [4.69, 9.17) is 5.11 Å². The summed E-state index contributed by atoms with van der Waals surface area (Å²) in [4.78, 5) is 16.8. The van der Waals surface area contributed by atoms with Crippen LogP contribution in [-0.2, 0) is 0 Å². The van der Waals surface area contributed by atoms with E-state index in [9.17, 15) is 4.79 Å². The molecular formula is C18H35N3O2. The Kier molecular flexibility index (Phi) is 8.17. The van der Waals surface area contributed by atoms with Crippen molar-refractivity contribution in [2.45, 2.75) is 76.3 Å². The smallest absolute Gasteiger partial charge is 0.317 e. The maximum absolute atomic E-state index is 12.3. The Labute approximate surface area is 141 Å². The van der Waals surface area contributed by atoms with Crippen LogP contribution in [0.25, 0.3) is 0 Å². The number of amides is 2. The molecule has 0 aromatic carbocycles. The van der Waals surface area contributed by atoms with Gasteiger partial charge in [0.05, 0.1) is 0 Å². The maximum atomic E-state index is 12.3. The van der Waals surface area contributed by atoms with Gasteiger partial charge in [-0.25, -0.2) is 4.79 Å². The number of aliphatic hydroxyl groups excluding tert-OH is 1. The van der Waals surface area contributed by atoms with Crippen molar-refractivity contribution < 1.29 is 9.90 Å². The summed E-state index contributed by atoms with van der Waals surface area (Å²) in [5, 5.41) is 12.2. The van der Waals surface area contributed by atoms with E-state index in [0.717, 1.165) is 44.9 Å². The van der Waals surface area contributed by atoms with Crippen molar-refractivity contribution in [3.8, 4) is 0 Å². The van der Waals surface area contributed by atoms with Gasteiger partial charge < -0.3 is 20.2 Å². The first-order valence-electron chi connectivity index (χ1n) is 9.58. The summed E-state index contributed by atoms with van der Waals surface area (Å²) in [7, 11) is 2.22. The quantitative estimate of drug-likeness (QED) is 0.707. The molecule has 1 atom stereocenters. The first kappa shape index (κ1) is 18.5. The molecule has 5 heteroatoms. The third-order valence-electron chi connectivity index (χ3n) is 5.51. The van der Waals surface area contributed by atoms with Crippen LogP contribution in [-0.4, -0.2) is 66.3 Å². The maximum Gasteiger partial charge on any atom is 0.317 e. The average molecular weight is 325 g/mol. The molecule has 0 aromatic rings. The predicted octanol–water partition coefficient (Wildman–Crippen LogP) is 2.59. The molecule has 2 rings (SSSR count). The lowest BCUT2D eigenvalue weighted by atomic mass is 9.94. The molecule has 2 fully saturated rings. The van der Waals surface area contributed by atoms with Crippen LogP contribution < -0.4 is 5.32 Å². The highest BCUT2D eigenvalue weighted by Crippen LogP contribution is 2.21. The number of carbonyl (C=O) groups excluding carboxylic acids is 1. The van der Waals surface area contributed by atoms with E-state index < -0.39 is 0 Å². The van der Waals surface area contributed by atoms with E-state index in [2.05, 4.69) is 17.3 Å². The molecule has 1 saturated carbocycles. The molecule has 1 heterocycles. The van der Waals surface area contributed by atoms with E-state index >= 15 is 0 Å². The molecule has 5 nitrogen and oxygen atoms in total. The summed E-state index contributed by atoms with van der Waals surface area (Å²) in [5.74, 6) is 0. The molecule has 0 radical (unpaired) electrons. The van der Waals surface area contributed by atoms with Crippen LogP contribution in [0.2, 0.25) is 0 Å². The van der Waals surface area contributed by atoms with E-state index in [1.807, 2.05) is 4.90 Å².